The van der Waals surface area contributed by atoms with E-state index in [1.54, 1.807) is 24.5 Å². The first-order valence-corrected chi connectivity index (χ1v) is 55.2. The highest BCUT2D eigenvalue weighted by atomic mass is 16.5. The Morgan fingerprint density at radius 3 is 0.834 bits per heavy atom. The highest BCUT2D eigenvalue weighted by Gasteiger charge is 2.88. The highest BCUT2D eigenvalue weighted by molar-refractivity contribution is 6.13. The molecule has 12 fully saturated rings. The first-order chi connectivity index (χ1) is 64.2. The summed E-state index contributed by atoms with van der Waals surface area (Å²) in [6.07, 6.45) is 4.11. The number of hydrogen-bond acceptors (Lipinski definition) is 13. The number of carbonyl (C=O) groups excluding carboxylic acids is 12. The van der Waals surface area contributed by atoms with Crippen molar-refractivity contribution in [2.75, 3.05) is 0 Å². The standard InChI is InChI=1S/C24H39NO2.C22H35NO2.3C21H33NO2.C17H25NO3/c1-13-14(2)23(11)17-16(18(26)25(19(17)27)21(7,8)9)22(13,10)15(3)24(23,12)20(4,5)6;1-12-13(2)21(10)15-14(16(24)23(17(15)25)19(6,7)8)20(12,9)22(21,11)18(3,4)5;1-12-11-19(8)13-14(16(24)22(15(13)23)18(5,6)7)20(12,9)21(19,10)17(2,3)4;1-11-12(2)21(10)14-13(20(11,9)17(21)18(3,4)5)15(23)22(16(14)24)19(6,7)8;1-11-12(2)20(9)15-13(14(11)21(20,10)18(3,4)5)16(23)22(17(15)24)19(6,7)8;1-9-8-10-11-12(17(9,21-10)15(2,3)4)14(20)18(13(11)19)16(5,6)7/h15-17H,1-12H3;14-15H,1-11H3;11,13-14H,1-10H3;13-14,17H,1-10H3;13-15H,1-10H3;8,10-12H,1-7H3. The Labute approximate surface area is 877 Å². The molecule has 8 aliphatic heterocycles. The van der Waals surface area contributed by atoms with Crippen molar-refractivity contribution in [2.24, 2.45) is 192 Å². The second-order valence-corrected chi connectivity index (χ2v) is 64.0. The molecule has 12 amide bonds. The predicted octanol–water partition coefficient (Wildman–Crippen LogP) is 26.1. The summed E-state index contributed by atoms with van der Waals surface area (Å²) in [6.45, 7) is 129. The number of amides is 12. The largest absolute Gasteiger partial charge is 0.361 e. The normalized spacial score (nSPS) is 43.2. The van der Waals surface area contributed by atoms with Crippen LogP contribution < -0.4 is 0 Å². The molecule has 810 valence electrons. The molecule has 19 nitrogen and oxygen atoms in total. The number of rotatable bonds is 0. The molecule has 19 rings (SSSR count). The third-order valence-electron chi connectivity index (χ3n) is 47.8. The van der Waals surface area contributed by atoms with E-state index >= 15 is 0 Å². The molecule has 8 heterocycles. The molecule has 0 aromatic rings. The zero-order valence-electron chi connectivity index (χ0n) is 102. The van der Waals surface area contributed by atoms with Gasteiger partial charge in [0.25, 0.3) is 0 Å². The van der Waals surface area contributed by atoms with Gasteiger partial charge in [-0.15, -0.1) is 0 Å². The monoisotopic (exact) mass is 2000 g/mol. The van der Waals surface area contributed by atoms with Crippen LogP contribution in [0.15, 0.2) is 67.9 Å². The smallest absolute Gasteiger partial charge is 0.237 e. The number of carbonyl (C=O) groups is 12. The van der Waals surface area contributed by atoms with Crippen molar-refractivity contribution in [2.45, 2.75) is 460 Å². The Kier molecular flexibility index (Phi) is 25.1. The lowest BCUT2D eigenvalue weighted by atomic mass is 9.29. The molecular formula is C126H198N6O13. The maximum absolute atomic E-state index is 13.8. The van der Waals surface area contributed by atoms with Crippen LogP contribution in [0.5, 0.6) is 0 Å². The number of nitrogens with zero attached hydrogens (tertiary/aromatic N) is 6. The summed E-state index contributed by atoms with van der Waals surface area (Å²) in [6, 6.07) is 0. The van der Waals surface area contributed by atoms with E-state index in [0.717, 1.165) is 5.57 Å². The van der Waals surface area contributed by atoms with Gasteiger partial charge in [0.05, 0.1) is 77.1 Å². The molecule has 11 aliphatic carbocycles. The maximum Gasteiger partial charge on any atom is 0.237 e. The van der Waals surface area contributed by atoms with Crippen LogP contribution in [-0.2, 0) is 62.3 Å². The third-order valence-corrected chi connectivity index (χ3v) is 47.8. The Morgan fingerprint density at radius 1 is 0.248 bits per heavy atom. The number of allylic oxidation sites excluding steroid dienone is 10. The van der Waals surface area contributed by atoms with E-state index in [-0.39, 0.29) is 257 Å². The second-order valence-electron chi connectivity index (χ2n) is 64.0. The summed E-state index contributed by atoms with van der Waals surface area (Å²) >= 11 is 0. The van der Waals surface area contributed by atoms with E-state index < -0.39 is 38.8 Å². The second kappa shape index (κ2) is 31.5. The summed E-state index contributed by atoms with van der Waals surface area (Å²) in [4.78, 5) is 170. The van der Waals surface area contributed by atoms with Gasteiger partial charge in [-0.1, -0.05) is 284 Å². The van der Waals surface area contributed by atoms with Gasteiger partial charge in [-0.3, -0.25) is 86.9 Å². The van der Waals surface area contributed by atoms with Gasteiger partial charge >= 0.3 is 0 Å². The molecule has 0 aromatic heterocycles. The van der Waals surface area contributed by atoms with Crippen molar-refractivity contribution in [3.8, 4) is 0 Å². The molecule has 0 spiro atoms. The van der Waals surface area contributed by atoms with Crippen LogP contribution in [0.1, 0.15) is 415 Å². The van der Waals surface area contributed by atoms with Gasteiger partial charge in [0.2, 0.25) is 70.9 Å². The van der Waals surface area contributed by atoms with E-state index in [1.165, 1.54) is 55.1 Å². The Bertz CT molecular complexity index is 5770. The predicted molar refractivity (Wildman–Crippen MR) is 578 cm³/mol. The molecule has 7 saturated heterocycles. The number of fused-ring (bicyclic) bond motifs is 26. The molecular weight excluding hydrogens is 1810 g/mol. The van der Waals surface area contributed by atoms with Crippen molar-refractivity contribution in [3.63, 3.8) is 0 Å². The Balaban J connectivity index is 0.000000146. The minimum absolute atomic E-state index is 0.00777. The fourth-order valence-electron chi connectivity index (χ4n) is 39.6. The summed E-state index contributed by atoms with van der Waals surface area (Å²) in [5.74, 6) is -1.94. The van der Waals surface area contributed by atoms with Crippen LogP contribution in [0.2, 0.25) is 0 Å². The zero-order valence-corrected chi connectivity index (χ0v) is 102. The molecule has 19 aliphatic rings. The lowest BCUT2D eigenvalue weighted by Gasteiger charge is -2.73. The van der Waals surface area contributed by atoms with E-state index in [9.17, 15) is 57.5 Å². The van der Waals surface area contributed by atoms with Gasteiger partial charge in [-0.25, -0.2) is 0 Å². The van der Waals surface area contributed by atoms with E-state index in [1.807, 2.05) is 138 Å². The van der Waals surface area contributed by atoms with Crippen LogP contribution >= 0.6 is 0 Å². The van der Waals surface area contributed by atoms with E-state index in [0.29, 0.717) is 11.8 Å². The average Bonchev–Trinajstić information content (AvgIpc) is 1.26. The number of hydrogen-bond donors (Lipinski definition) is 0. The van der Waals surface area contributed by atoms with Crippen molar-refractivity contribution in [1.82, 2.24) is 29.4 Å². The fourth-order valence-corrected chi connectivity index (χ4v) is 39.6. The minimum atomic E-state index is -0.644. The zero-order chi connectivity index (χ0) is 113. The van der Waals surface area contributed by atoms with Gasteiger partial charge in [-0.05, 0) is 271 Å². The van der Waals surface area contributed by atoms with Gasteiger partial charge in [0, 0.05) is 82.0 Å². The van der Waals surface area contributed by atoms with Gasteiger partial charge in [0.15, 0.2) is 0 Å². The Hall–Kier alpha value is -6.76. The molecule has 28 unspecified atom stereocenters. The first-order valence-electron chi connectivity index (χ1n) is 55.2. The van der Waals surface area contributed by atoms with Gasteiger partial charge < -0.3 is 4.74 Å². The number of ether oxygens (including phenoxy) is 1. The van der Waals surface area contributed by atoms with Gasteiger partial charge in [-0.2, -0.15) is 0 Å². The number of likely N-dealkylation sites (tertiary alicyclic amines) is 6. The molecule has 19 heteroatoms. The van der Waals surface area contributed by atoms with Crippen molar-refractivity contribution < 1.29 is 62.3 Å². The van der Waals surface area contributed by atoms with Crippen LogP contribution in [0.3, 0.4) is 0 Å². The van der Waals surface area contributed by atoms with E-state index in [2.05, 4.69) is 290 Å². The van der Waals surface area contributed by atoms with Crippen LogP contribution in [0.4, 0.5) is 0 Å². The third kappa shape index (κ3) is 13.0. The average molecular weight is 2000 g/mol. The first kappa shape index (κ1) is 115. The Morgan fingerprint density at radius 2 is 0.517 bits per heavy atom. The van der Waals surface area contributed by atoms with Crippen LogP contribution in [0.25, 0.3) is 0 Å². The topological polar surface area (TPSA) is 234 Å². The molecule has 0 radical (unpaired) electrons. The summed E-state index contributed by atoms with van der Waals surface area (Å²) in [7, 11) is 0. The summed E-state index contributed by atoms with van der Waals surface area (Å²) in [5.41, 5.74) is 6.45. The SMILES string of the molecule is CC1=C(C)C2(C)C3C(=O)N(C(C)(C)C)C(=O)C3C1(C)C(C)C2(C)C(C)(C)C.CC1=C(C)C2(C)C3C(=O)N(C(C)(C)C)C(=O)C3C1(C)C2(C)C(C)(C)C.CC1=C(C)C2(C)C3C(=O)N(C(C)(C)C)C(=O)C3C1(C)C2C(C)(C)C.CC1=C(C)C2(C)C3C(=O)N(C(C)(C)C)C(=O)C3C1C2(C)C(C)(C)C.CC1=CC2(C)C3C(=O)N(C(C)(C)C)C(=O)C3C1(C)C2(C)C(C)(C)C.CC1=CC2OC1(C(C)(C)C)C1C(=O)N(C(C)(C)C)C(=O)C21. The molecule has 0 N–H and O–H groups in total. The maximum atomic E-state index is 13.8. The van der Waals surface area contributed by atoms with Crippen molar-refractivity contribution in [1.29, 1.82) is 0 Å². The van der Waals surface area contributed by atoms with Crippen LogP contribution in [0, 0.1) is 192 Å². The molecule has 12 bridgehead atoms. The fraction of sp³-hybridized carbons (Fsp3) is 0.810. The number of imide groups is 6. The molecule has 5 saturated carbocycles. The van der Waals surface area contributed by atoms with Crippen molar-refractivity contribution in [3.05, 3.63) is 67.9 Å². The molecule has 145 heavy (non-hydrogen) atoms. The summed E-state index contributed by atoms with van der Waals surface area (Å²) < 4.78 is 6.24. The molecule has 28 atom stereocenters. The van der Waals surface area contributed by atoms with E-state index in [4.69, 9.17) is 4.74 Å². The van der Waals surface area contributed by atoms with Gasteiger partial charge in [0.1, 0.15) is 5.60 Å². The lowest BCUT2D eigenvalue weighted by Crippen LogP contribution is -2.70. The minimum Gasteiger partial charge on any atom is -0.361 e. The quantitative estimate of drug-likeness (QED) is 0.162. The summed E-state index contributed by atoms with van der Waals surface area (Å²) in [5, 5.41) is 0. The highest BCUT2D eigenvalue weighted by Crippen LogP contribution is 2.87. The lowest BCUT2D eigenvalue weighted by molar-refractivity contribution is -0.205. The van der Waals surface area contributed by atoms with Crippen molar-refractivity contribution >= 4 is 70.9 Å². The molecule has 0 aromatic carbocycles. The van der Waals surface area contributed by atoms with Crippen LogP contribution in [-0.4, -0.2) is 145 Å².